The van der Waals surface area contributed by atoms with Crippen molar-refractivity contribution >= 4 is 35.1 Å². The molecule has 1 atom stereocenters. The van der Waals surface area contributed by atoms with E-state index in [1.165, 1.54) is 11.3 Å². The molecule has 0 aromatic carbocycles. The molecule has 0 bridgehead atoms. The molecule has 0 radical (unpaired) electrons. The lowest BCUT2D eigenvalue weighted by molar-refractivity contribution is 0.112. The molecule has 2 heterocycles. The van der Waals surface area contributed by atoms with Crippen molar-refractivity contribution in [2.45, 2.75) is 12.3 Å². The van der Waals surface area contributed by atoms with E-state index in [0.717, 1.165) is 27.5 Å². The van der Waals surface area contributed by atoms with Crippen LogP contribution in [-0.2, 0) is 0 Å². The van der Waals surface area contributed by atoms with E-state index in [2.05, 4.69) is 11.9 Å². The minimum Gasteiger partial charge on any atom is -0.297 e. The summed E-state index contributed by atoms with van der Waals surface area (Å²) in [7, 11) is 0. The highest BCUT2D eigenvalue weighted by atomic mass is 32.2. The minimum atomic E-state index is 0.372. The van der Waals surface area contributed by atoms with Crippen molar-refractivity contribution < 1.29 is 4.79 Å². The molecule has 0 aliphatic carbocycles. The third-order valence-electron chi connectivity index (χ3n) is 1.83. The van der Waals surface area contributed by atoms with Gasteiger partial charge in [0.1, 0.15) is 0 Å². The van der Waals surface area contributed by atoms with Crippen LogP contribution in [0.2, 0.25) is 0 Å². The van der Waals surface area contributed by atoms with Crippen molar-refractivity contribution in [2.75, 3.05) is 5.75 Å². The van der Waals surface area contributed by atoms with Gasteiger partial charge in [-0.2, -0.15) is 0 Å². The lowest BCUT2D eigenvalue weighted by Crippen LogP contribution is -1.95. The van der Waals surface area contributed by atoms with Crippen molar-refractivity contribution in [3.8, 4) is 0 Å². The molecule has 2 rings (SSSR count). The number of nitrogens with zero attached hydrogens (tertiary/aromatic N) is 1. The van der Waals surface area contributed by atoms with Gasteiger partial charge in [-0.25, -0.2) is 0 Å². The van der Waals surface area contributed by atoms with Crippen LogP contribution in [0.4, 0.5) is 0 Å². The normalized spacial score (nSPS) is 21.6. The van der Waals surface area contributed by atoms with E-state index in [1.807, 2.05) is 23.9 Å². The van der Waals surface area contributed by atoms with E-state index in [-0.39, 0.29) is 0 Å². The molecule has 0 spiro atoms. The molecule has 13 heavy (non-hydrogen) atoms. The van der Waals surface area contributed by atoms with Crippen molar-refractivity contribution in [3.05, 3.63) is 21.9 Å². The highest BCUT2D eigenvalue weighted by molar-refractivity contribution is 8.00. The number of hydrogen-bond donors (Lipinski definition) is 0. The van der Waals surface area contributed by atoms with Gasteiger partial charge in [0.15, 0.2) is 6.29 Å². The molecule has 0 N–H and O–H groups in total. The molecule has 0 saturated heterocycles. The molecule has 2 nitrogen and oxygen atoms in total. The summed E-state index contributed by atoms with van der Waals surface area (Å²) in [5.74, 6) is 0.972. The van der Waals surface area contributed by atoms with Gasteiger partial charge in [0, 0.05) is 10.6 Å². The van der Waals surface area contributed by atoms with Gasteiger partial charge in [-0.05, 0) is 19.1 Å². The average molecular weight is 211 g/mol. The molecule has 1 aromatic heterocycles. The fourth-order valence-electron chi connectivity index (χ4n) is 1.20. The number of aldehydes is 1. The van der Waals surface area contributed by atoms with Crippen LogP contribution in [-0.4, -0.2) is 23.1 Å². The first-order valence-electron chi connectivity index (χ1n) is 4.03. The fraction of sp³-hybridized carbons (Fsp3) is 0.333. The largest absolute Gasteiger partial charge is 0.297 e. The molecule has 0 saturated carbocycles. The van der Waals surface area contributed by atoms with E-state index < -0.39 is 0 Å². The quantitative estimate of drug-likeness (QED) is 0.703. The van der Waals surface area contributed by atoms with Gasteiger partial charge >= 0.3 is 0 Å². The Morgan fingerprint density at radius 2 is 2.46 bits per heavy atom. The van der Waals surface area contributed by atoms with Gasteiger partial charge in [-0.3, -0.25) is 9.79 Å². The zero-order chi connectivity index (χ0) is 9.26. The summed E-state index contributed by atoms with van der Waals surface area (Å²) in [5.41, 5.74) is 1.13. The average Bonchev–Trinajstić information content (AvgIpc) is 2.71. The van der Waals surface area contributed by atoms with Gasteiger partial charge in [-0.1, -0.05) is 0 Å². The maximum atomic E-state index is 10.5. The molecule has 1 unspecified atom stereocenters. The lowest BCUT2D eigenvalue weighted by atomic mass is 10.3. The Morgan fingerprint density at radius 1 is 1.62 bits per heavy atom. The SMILES string of the molecule is CC1N=C(c2ccc(C=O)s2)CS1. The second-order valence-electron chi connectivity index (χ2n) is 2.81. The Balaban J connectivity index is 2.25. The Labute approximate surface area is 85.1 Å². The van der Waals surface area contributed by atoms with Crippen LogP contribution < -0.4 is 0 Å². The summed E-state index contributed by atoms with van der Waals surface area (Å²) in [6.07, 6.45) is 0.889. The summed E-state index contributed by atoms with van der Waals surface area (Å²) in [6, 6.07) is 3.83. The number of aliphatic imine (C=N–C) groups is 1. The minimum absolute atomic E-state index is 0.372. The Morgan fingerprint density at radius 3 is 3.00 bits per heavy atom. The summed E-state index contributed by atoms with van der Waals surface area (Å²) >= 11 is 3.35. The van der Waals surface area contributed by atoms with E-state index in [0.29, 0.717) is 5.37 Å². The number of rotatable bonds is 2. The first-order valence-corrected chi connectivity index (χ1v) is 5.90. The smallest absolute Gasteiger partial charge is 0.160 e. The zero-order valence-electron chi connectivity index (χ0n) is 7.19. The first-order chi connectivity index (χ1) is 6.29. The van der Waals surface area contributed by atoms with Crippen molar-refractivity contribution in [1.82, 2.24) is 0 Å². The molecule has 0 fully saturated rings. The van der Waals surface area contributed by atoms with Crippen LogP contribution in [0.15, 0.2) is 17.1 Å². The van der Waals surface area contributed by atoms with E-state index >= 15 is 0 Å². The second-order valence-corrected chi connectivity index (χ2v) is 5.23. The molecule has 1 aromatic rings. The number of carbonyl (C=O) groups is 1. The van der Waals surface area contributed by atoms with E-state index in [1.54, 1.807) is 0 Å². The van der Waals surface area contributed by atoms with Gasteiger partial charge in [0.05, 0.1) is 16.0 Å². The van der Waals surface area contributed by atoms with Gasteiger partial charge in [-0.15, -0.1) is 23.1 Å². The van der Waals surface area contributed by atoms with E-state index in [9.17, 15) is 4.79 Å². The number of hydrogen-bond acceptors (Lipinski definition) is 4. The monoisotopic (exact) mass is 211 g/mol. The van der Waals surface area contributed by atoms with Crippen LogP contribution in [0, 0.1) is 0 Å². The van der Waals surface area contributed by atoms with Crippen molar-refractivity contribution in [3.63, 3.8) is 0 Å². The fourth-order valence-corrected chi connectivity index (χ4v) is 2.94. The predicted octanol–water partition coefficient (Wildman–Crippen LogP) is 2.44. The molecule has 4 heteroatoms. The molecular formula is C9H9NOS2. The molecule has 1 aliphatic rings. The third-order valence-corrected chi connectivity index (χ3v) is 3.91. The Kier molecular flexibility index (Phi) is 2.51. The topological polar surface area (TPSA) is 29.4 Å². The second kappa shape index (κ2) is 3.64. The van der Waals surface area contributed by atoms with Crippen LogP contribution >= 0.6 is 23.1 Å². The summed E-state index contributed by atoms with van der Waals surface area (Å²) < 4.78 is 0. The van der Waals surface area contributed by atoms with Gasteiger partial charge in [0.25, 0.3) is 0 Å². The maximum absolute atomic E-state index is 10.5. The zero-order valence-corrected chi connectivity index (χ0v) is 8.82. The summed E-state index contributed by atoms with van der Waals surface area (Å²) in [5, 5.41) is 0.372. The highest BCUT2D eigenvalue weighted by Gasteiger charge is 2.16. The Hall–Kier alpha value is -0.610. The Bertz CT molecular complexity index is 356. The van der Waals surface area contributed by atoms with Crippen LogP contribution in [0.3, 0.4) is 0 Å². The van der Waals surface area contributed by atoms with Crippen molar-refractivity contribution in [1.29, 1.82) is 0 Å². The van der Waals surface area contributed by atoms with Crippen LogP contribution in [0.1, 0.15) is 21.5 Å². The van der Waals surface area contributed by atoms with Gasteiger partial charge < -0.3 is 0 Å². The highest BCUT2D eigenvalue weighted by Crippen LogP contribution is 2.26. The standard InChI is InChI=1S/C9H9NOS2/c1-6-10-8(5-12-6)9-3-2-7(4-11)13-9/h2-4,6H,5H2,1H3. The number of thioether (sulfide) groups is 1. The maximum Gasteiger partial charge on any atom is 0.160 e. The van der Waals surface area contributed by atoms with E-state index in [4.69, 9.17) is 0 Å². The lowest BCUT2D eigenvalue weighted by Gasteiger charge is -1.90. The number of thiophene rings is 1. The number of carbonyl (C=O) groups excluding carboxylic acids is 1. The first kappa shape index (κ1) is 8.97. The van der Waals surface area contributed by atoms with Crippen molar-refractivity contribution in [2.24, 2.45) is 4.99 Å². The van der Waals surface area contributed by atoms with Crippen LogP contribution in [0.5, 0.6) is 0 Å². The predicted molar refractivity (Wildman–Crippen MR) is 58.2 cm³/mol. The third kappa shape index (κ3) is 1.84. The molecule has 1 aliphatic heterocycles. The van der Waals surface area contributed by atoms with Gasteiger partial charge in [0.2, 0.25) is 0 Å². The summed E-state index contributed by atoms with van der Waals surface area (Å²) in [4.78, 5) is 16.9. The molecule has 0 amide bonds. The molecule has 68 valence electrons. The molecular weight excluding hydrogens is 202 g/mol. The van der Waals surface area contributed by atoms with Crippen LogP contribution in [0.25, 0.3) is 0 Å². The summed E-state index contributed by atoms with van der Waals surface area (Å²) in [6.45, 7) is 2.09.